The molecule has 1 atom stereocenters. The number of carbonyl (C=O) groups excluding carboxylic acids is 1. The van der Waals surface area contributed by atoms with Gasteiger partial charge in [0.15, 0.2) is 0 Å². The van der Waals surface area contributed by atoms with Crippen molar-refractivity contribution >= 4 is 28.7 Å². The first-order valence-corrected chi connectivity index (χ1v) is 11.7. The maximum Gasteiger partial charge on any atom is 0.269 e. The normalized spacial score (nSPS) is 15.2. The van der Waals surface area contributed by atoms with Crippen molar-refractivity contribution in [3.63, 3.8) is 0 Å². The Labute approximate surface area is 204 Å². The Hall–Kier alpha value is -3.88. The molecule has 0 saturated carbocycles. The minimum Gasteiger partial charge on any atom is -0.395 e. The van der Waals surface area contributed by atoms with Gasteiger partial charge in [0.1, 0.15) is 5.92 Å². The van der Waals surface area contributed by atoms with E-state index >= 15 is 0 Å². The number of likely N-dealkylation sites (N-methyl/N-ethyl adjacent to an activating group) is 1. The summed E-state index contributed by atoms with van der Waals surface area (Å²) in [6.07, 6.45) is 0.853. The number of nitro benzene ring substituents is 1. The van der Waals surface area contributed by atoms with Crippen LogP contribution in [0.3, 0.4) is 0 Å². The molecule has 35 heavy (non-hydrogen) atoms. The second kappa shape index (κ2) is 11.0. The molecule has 8 heteroatoms. The van der Waals surface area contributed by atoms with Crippen LogP contribution < -0.4 is 5.32 Å². The van der Waals surface area contributed by atoms with Gasteiger partial charge in [-0.1, -0.05) is 49.4 Å². The van der Waals surface area contributed by atoms with Gasteiger partial charge in [-0.3, -0.25) is 19.9 Å². The van der Waals surface area contributed by atoms with Crippen molar-refractivity contribution in [2.75, 3.05) is 31.6 Å². The van der Waals surface area contributed by atoms with E-state index in [2.05, 4.69) is 17.1 Å². The van der Waals surface area contributed by atoms with Gasteiger partial charge in [0.25, 0.3) is 5.69 Å². The first kappa shape index (κ1) is 24.3. The van der Waals surface area contributed by atoms with Crippen LogP contribution in [0.4, 0.5) is 17.1 Å². The van der Waals surface area contributed by atoms with E-state index in [-0.39, 0.29) is 18.2 Å². The van der Waals surface area contributed by atoms with E-state index in [0.717, 1.165) is 30.6 Å². The van der Waals surface area contributed by atoms with E-state index in [4.69, 9.17) is 4.99 Å². The molecule has 0 aromatic heterocycles. The standard InChI is InChI=1S/C27H28N4O4/c1-2-30(16-17-32)15-14-19-8-10-21(11-9-19)28-26(20-6-4-3-5-7-20)25-23-18-22(31(34)35)12-13-24(23)29-27(25)33/h3-13,18,25,32H,2,14-17H2,1H3,(H,29,33). The molecule has 1 aliphatic rings. The van der Waals surface area contributed by atoms with Gasteiger partial charge in [0.05, 0.1) is 22.9 Å². The van der Waals surface area contributed by atoms with E-state index in [1.807, 2.05) is 54.6 Å². The van der Waals surface area contributed by atoms with Crippen molar-refractivity contribution in [3.05, 3.63) is 99.6 Å². The summed E-state index contributed by atoms with van der Waals surface area (Å²) in [6, 6.07) is 21.7. The third kappa shape index (κ3) is 5.62. The highest BCUT2D eigenvalue weighted by molar-refractivity contribution is 6.24. The number of nitro groups is 1. The van der Waals surface area contributed by atoms with Gasteiger partial charge >= 0.3 is 0 Å². The zero-order valence-electron chi connectivity index (χ0n) is 19.6. The zero-order chi connectivity index (χ0) is 24.8. The Bertz CT molecular complexity index is 1230. The number of benzene rings is 3. The molecule has 0 bridgehead atoms. The summed E-state index contributed by atoms with van der Waals surface area (Å²) in [5.41, 5.74) is 4.21. The second-order valence-electron chi connectivity index (χ2n) is 8.39. The zero-order valence-corrected chi connectivity index (χ0v) is 19.6. The average molecular weight is 473 g/mol. The third-order valence-corrected chi connectivity index (χ3v) is 6.19. The summed E-state index contributed by atoms with van der Waals surface area (Å²) >= 11 is 0. The number of hydrogen-bond acceptors (Lipinski definition) is 6. The van der Waals surface area contributed by atoms with Crippen LogP contribution in [0, 0.1) is 10.1 Å². The molecular formula is C27H28N4O4. The molecule has 1 heterocycles. The Morgan fingerprint density at radius 3 is 2.49 bits per heavy atom. The summed E-state index contributed by atoms with van der Waals surface area (Å²) in [5.74, 6) is -1.02. The summed E-state index contributed by atoms with van der Waals surface area (Å²) in [4.78, 5) is 31.0. The predicted molar refractivity (Wildman–Crippen MR) is 136 cm³/mol. The van der Waals surface area contributed by atoms with Crippen molar-refractivity contribution in [2.24, 2.45) is 4.99 Å². The van der Waals surface area contributed by atoms with Crippen molar-refractivity contribution in [1.82, 2.24) is 4.90 Å². The minimum atomic E-state index is -0.761. The highest BCUT2D eigenvalue weighted by Crippen LogP contribution is 2.38. The number of aliphatic hydroxyl groups is 1. The molecule has 180 valence electrons. The molecule has 1 aliphatic heterocycles. The fourth-order valence-corrected chi connectivity index (χ4v) is 4.27. The first-order chi connectivity index (χ1) is 17.0. The monoisotopic (exact) mass is 472 g/mol. The van der Waals surface area contributed by atoms with Gasteiger partial charge in [-0.25, -0.2) is 0 Å². The number of nitrogens with one attached hydrogen (secondary N) is 1. The number of anilines is 1. The van der Waals surface area contributed by atoms with Crippen LogP contribution in [-0.4, -0.2) is 52.8 Å². The molecule has 3 aromatic rings. The number of aliphatic imine (C=N–C) groups is 1. The lowest BCUT2D eigenvalue weighted by Gasteiger charge is -2.18. The maximum absolute atomic E-state index is 13.0. The van der Waals surface area contributed by atoms with Crippen LogP contribution in [0.5, 0.6) is 0 Å². The van der Waals surface area contributed by atoms with E-state index in [9.17, 15) is 20.0 Å². The summed E-state index contributed by atoms with van der Waals surface area (Å²) in [6.45, 7) is 4.61. The SMILES string of the molecule is CCN(CCO)CCc1ccc(N=C(c2ccccc2)C2C(=O)Nc3ccc([N+](=O)[O-])cc32)cc1. The van der Waals surface area contributed by atoms with Crippen molar-refractivity contribution < 1.29 is 14.8 Å². The van der Waals surface area contributed by atoms with Gasteiger partial charge in [0.2, 0.25) is 5.91 Å². The van der Waals surface area contributed by atoms with Crippen LogP contribution in [0.25, 0.3) is 0 Å². The van der Waals surface area contributed by atoms with Crippen LogP contribution >= 0.6 is 0 Å². The van der Waals surface area contributed by atoms with Gasteiger partial charge in [-0.05, 0) is 42.3 Å². The molecule has 1 amide bonds. The summed E-state index contributed by atoms with van der Waals surface area (Å²) in [5, 5.41) is 23.4. The minimum absolute atomic E-state index is 0.0654. The Kier molecular flexibility index (Phi) is 7.64. The number of fused-ring (bicyclic) bond motifs is 1. The molecule has 0 fully saturated rings. The highest BCUT2D eigenvalue weighted by atomic mass is 16.6. The Morgan fingerprint density at radius 2 is 1.83 bits per heavy atom. The maximum atomic E-state index is 13.0. The molecule has 0 aliphatic carbocycles. The Morgan fingerprint density at radius 1 is 1.09 bits per heavy atom. The fraction of sp³-hybridized carbons (Fsp3) is 0.259. The summed E-state index contributed by atoms with van der Waals surface area (Å²) < 4.78 is 0. The molecule has 0 spiro atoms. The molecule has 2 N–H and O–H groups in total. The van der Waals surface area contributed by atoms with Crippen molar-refractivity contribution in [1.29, 1.82) is 0 Å². The molecule has 0 saturated heterocycles. The van der Waals surface area contributed by atoms with Gasteiger partial charge in [-0.15, -0.1) is 0 Å². The third-order valence-electron chi connectivity index (χ3n) is 6.19. The number of nitrogens with zero attached hydrogens (tertiary/aromatic N) is 3. The number of aliphatic hydroxyl groups excluding tert-OH is 1. The van der Waals surface area contributed by atoms with E-state index in [1.54, 1.807) is 6.07 Å². The number of rotatable bonds is 10. The van der Waals surface area contributed by atoms with Crippen LogP contribution in [0.15, 0.2) is 77.8 Å². The molecule has 3 aromatic carbocycles. The predicted octanol–water partition coefficient (Wildman–Crippen LogP) is 4.31. The average Bonchev–Trinajstić information content (AvgIpc) is 3.21. The molecule has 1 unspecified atom stereocenters. The summed E-state index contributed by atoms with van der Waals surface area (Å²) in [7, 11) is 0. The number of non-ortho nitro benzene ring substituents is 1. The lowest BCUT2D eigenvalue weighted by atomic mass is 9.90. The topological polar surface area (TPSA) is 108 Å². The van der Waals surface area contributed by atoms with Crippen molar-refractivity contribution in [2.45, 2.75) is 19.3 Å². The fourth-order valence-electron chi connectivity index (χ4n) is 4.27. The quantitative estimate of drug-likeness (QED) is 0.260. The second-order valence-corrected chi connectivity index (χ2v) is 8.39. The van der Waals surface area contributed by atoms with E-state index in [0.29, 0.717) is 29.2 Å². The number of hydrogen-bond donors (Lipinski definition) is 2. The van der Waals surface area contributed by atoms with E-state index < -0.39 is 10.8 Å². The smallest absolute Gasteiger partial charge is 0.269 e. The first-order valence-electron chi connectivity index (χ1n) is 11.7. The van der Waals surface area contributed by atoms with Crippen LogP contribution in [-0.2, 0) is 11.2 Å². The molecule has 0 radical (unpaired) electrons. The molecule has 4 rings (SSSR count). The van der Waals surface area contributed by atoms with Gasteiger partial charge < -0.3 is 15.3 Å². The van der Waals surface area contributed by atoms with Gasteiger partial charge in [-0.2, -0.15) is 0 Å². The number of carbonyl (C=O) groups is 1. The number of amides is 1. The molecular weight excluding hydrogens is 444 g/mol. The van der Waals surface area contributed by atoms with Crippen LogP contribution in [0.2, 0.25) is 0 Å². The van der Waals surface area contributed by atoms with Crippen LogP contribution in [0.1, 0.15) is 29.5 Å². The van der Waals surface area contributed by atoms with Gasteiger partial charge in [0, 0.05) is 36.5 Å². The largest absolute Gasteiger partial charge is 0.395 e. The Balaban J connectivity index is 1.67. The lowest BCUT2D eigenvalue weighted by Crippen LogP contribution is -2.28. The van der Waals surface area contributed by atoms with E-state index in [1.165, 1.54) is 12.1 Å². The van der Waals surface area contributed by atoms with Crippen molar-refractivity contribution in [3.8, 4) is 0 Å². The lowest BCUT2D eigenvalue weighted by molar-refractivity contribution is -0.384. The highest BCUT2D eigenvalue weighted by Gasteiger charge is 2.36. The molecule has 8 nitrogen and oxygen atoms in total.